The molecule has 5 aromatic rings. The molecule has 170 valence electrons. The van der Waals surface area contributed by atoms with Gasteiger partial charge in [0.05, 0.1) is 22.8 Å². The molecule has 0 bridgehead atoms. The third-order valence-electron chi connectivity index (χ3n) is 5.31. The molecule has 0 aliphatic carbocycles. The quantitative estimate of drug-likeness (QED) is 0.361. The second kappa shape index (κ2) is 8.77. The van der Waals surface area contributed by atoms with Gasteiger partial charge in [-0.3, -0.25) is 14.3 Å². The van der Waals surface area contributed by atoms with Gasteiger partial charge in [0.1, 0.15) is 10.5 Å². The standard InChI is InChI=1S/C24H19ClN6O2S/c1-14-19-12-21(34-24(19)31(28-14)13-15-2-4-16(25)5-3-15)23(33)27-17-6-8-18(9-7-17)30-11-10-20(29-30)22(26)32/h2-12H,13H2,1H3,(H2,26,32)(H,27,33). The number of benzene rings is 2. The zero-order valence-corrected chi connectivity index (χ0v) is 19.6. The Hall–Kier alpha value is -3.95. The summed E-state index contributed by atoms with van der Waals surface area (Å²) in [5, 5.41) is 13.3. The van der Waals surface area contributed by atoms with Crippen LogP contribution in [0, 0.1) is 6.92 Å². The number of nitrogens with two attached hydrogens (primary N) is 1. The van der Waals surface area contributed by atoms with Crippen molar-refractivity contribution in [3.8, 4) is 5.69 Å². The number of amides is 2. The number of aryl methyl sites for hydroxylation is 1. The van der Waals surface area contributed by atoms with Gasteiger partial charge in [-0.25, -0.2) is 4.68 Å². The van der Waals surface area contributed by atoms with Crippen LogP contribution in [0.15, 0.2) is 66.9 Å². The highest BCUT2D eigenvalue weighted by Gasteiger charge is 2.17. The number of hydrogen-bond donors (Lipinski definition) is 2. The first-order valence-corrected chi connectivity index (χ1v) is 11.6. The molecular weight excluding hydrogens is 472 g/mol. The van der Waals surface area contributed by atoms with Crippen LogP contribution < -0.4 is 11.1 Å². The third-order valence-corrected chi connectivity index (χ3v) is 6.71. The van der Waals surface area contributed by atoms with E-state index >= 15 is 0 Å². The molecule has 34 heavy (non-hydrogen) atoms. The predicted molar refractivity (Wildman–Crippen MR) is 133 cm³/mol. The predicted octanol–water partition coefficient (Wildman–Crippen LogP) is 4.64. The van der Waals surface area contributed by atoms with Crippen LogP contribution in [0.25, 0.3) is 15.9 Å². The van der Waals surface area contributed by atoms with Crippen LogP contribution in [-0.2, 0) is 6.54 Å². The molecular formula is C24H19ClN6O2S. The Labute approximate surface area is 203 Å². The fourth-order valence-corrected chi connectivity index (χ4v) is 4.77. The molecule has 8 nitrogen and oxygen atoms in total. The Morgan fingerprint density at radius 1 is 1.06 bits per heavy atom. The Morgan fingerprint density at radius 3 is 2.47 bits per heavy atom. The van der Waals surface area contributed by atoms with E-state index in [-0.39, 0.29) is 11.6 Å². The number of halogens is 1. The normalized spacial score (nSPS) is 11.1. The average Bonchev–Trinajstić information content (AvgIpc) is 3.54. The number of nitrogens with zero attached hydrogens (tertiary/aromatic N) is 4. The van der Waals surface area contributed by atoms with Crippen molar-refractivity contribution in [2.75, 3.05) is 5.32 Å². The average molecular weight is 491 g/mol. The molecule has 3 N–H and O–H groups in total. The smallest absolute Gasteiger partial charge is 0.269 e. The molecule has 3 aromatic heterocycles. The van der Waals surface area contributed by atoms with E-state index in [2.05, 4.69) is 15.5 Å². The maximum absolute atomic E-state index is 12.9. The van der Waals surface area contributed by atoms with Gasteiger partial charge in [0, 0.05) is 22.3 Å². The number of fused-ring (bicyclic) bond motifs is 1. The number of nitrogens with one attached hydrogen (secondary N) is 1. The summed E-state index contributed by atoms with van der Waals surface area (Å²) in [4.78, 5) is 25.7. The van der Waals surface area contributed by atoms with Crippen molar-refractivity contribution in [2.45, 2.75) is 13.5 Å². The monoisotopic (exact) mass is 490 g/mol. The summed E-state index contributed by atoms with van der Waals surface area (Å²) in [6.07, 6.45) is 1.65. The first-order chi connectivity index (χ1) is 16.4. The minimum atomic E-state index is -0.586. The van der Waals surface area contributed by atoms with Crippen molar-refractivity contribution in [3.63, 3.8) is 0 Å². The fraction of sp³-hybridized carbons (Fsp3) is 0.0833. The van der Waals surface area contributed by atoms with Crippen LogP contribution in [0.1, 0.15) is 31.4 Å². The molecule has 0 radical (unpaired) electrons. The number of hydrogen-bond acceptors (Lipinski definition) is 5. The van der Waals surface area contributed by atoms with Crippen LogP contribution in [0.2, 0.25) is 5.02 Å². The van der Waals surface area contributed by atoms with E-state index in [9.17, 15) is 9.59 Å². The molecule has 0 fully saturated rings. The zero-order valence-electron chi connectivity index (χ0n) is 18.0. The van der Waals surface area contributed by atoms with Crippen molar-refractivity contribution in [3.05, 3.63) is 93.7 Å². The second-order valence-corrected chi connectivity index (χ2v) is 9.18. The summed E-state index contributed by atoms with van der Waals surface area (Å²) in [7, 11) is 0. The molecule has 0 unspecified atom stereocenters. The van der Waals surface area contributed by atoms with Gasteiger partial charge in [-0.2, -0.15) is 10.2 Å². The van der Waals surface area contributed by atoms with Gasteiger partial charge in [0.2, 0.25) is 0 Å². The number of carbonyl (C=O) groups excluding carboxylic acids is 2. The maximum Gasteiger partial charge on any atom is 0.269 e. The molecule has 3 heterocycles. The number of primary amides is 1. The van der Waals surface area contributed by atoms with Crippen molar-refractivity contribution < 1.29 is 9.59 Å². The lowest BCUT2D eigenvalue weighted by Crippen LogP contribution is -2.12. The Morgan fingerprint density at radius 2 is 1.79 bits per heavy atom. The highest BCUT2D eigenvalue weighted by atomic mass is 35.5. The van der Waals surface area contributed by atoms with Crippen LogP contribution in [0.3, 0.4) is 0 Å². The summed E-state index contributed by atoms with van der Waals surface area (Å²) >= 11 is 7.39. The molecule has 2 amide bonds. The Balaban J connectivity index is 1.33. The first-order valence-electron chi connectivity index (χ1n) is 10.4. The topological polar surface area (TPSA) is 108 Å². The van der Waals surface area contributed by atoms with Gasteiger partial charge < -0.3 is 11.1 Å². The summed E-state index contributed by atoms with van der Waals surface area (Å²) in [5.41, 5.74) is 8.78. The van der Waals surface area contributed by atoms with Gasteiger partial charge in [0.15, 0.2) is 0 Å². The van der Waals surface area contributed by atoms with Crippen molar-refractivity contribution in [1.29, 1.82) is 0 Å². The van der Waals surface area contributed by atoms with Crippen LogP contribution >= 0.6 is 22.9 Å². The van der Waals surface area contributed by atoms with Crippen molar-refractivity contribution in [1.82, 2.24) is 19.6 Å². The Bertz CT molecular complexity index is 1520. The lowest BCUT2D eigenvalue weighted by molar-refractivity contribution is 0.0993. The highest BCUT2D eigenvalue weighted by Crippen LogP contribution is 2.29. The van der Waals surface area contributed by atoms with E-state index in [0.29, 0.717) is 22.1 Å². The van der Waals surface area contributed by atoms with Gasteiger partial charge in [-0.1, -0.05) is 23.7 Å². The SMILES string of the molecule is Cc1nn(Cc2ccc(Cl)cc2)c2sc(C(=O)Nc3ccc(-n4ccc(C(N)=O)n4)cc3)cc12. The molecule has 0 aliphatic heterocycles. The van der Waals surface area contributed by atoms with E-state index in [1.165, 1.54) is 11.3 Å². The van der Waals surface area contributed by atoms with Crippen LogP contribution in [-0.4, -0.2) is 31.4 Å². The van der Waals surface area contributed by atoms with Gasteiger partial charge in [-0.15, -0.1) is 11.3 Å². The van der Waals surface area contributed by atoms with Crippen LogP contribution in [0.4, 0.5) is 5.69 Å². The molecule has 0 atom stereocenters. The number of rotatable bonds is 6. The fourth-order valence-electron chi connectivity index (χ4n) is 3.58. The van der Waals surface area contributed by atoms with Crippen molar-refractivity contribution >= 4 is 50.7 Å². The lowest BCUT2D eigenvalue weighted by Gasteiger charge is -2.06. The maximum atomic E-state index is 12.9. The summed E-state index contributed by atoms with van der Waals surface area (Å²) in [5.74, 6) is -0.779. The van der Waals surface area contributed by atoms with E-state index in [0.717, 1.165) is 27.2 Å². The molecule has 0 saturated carbocycles. The second-order valence-electron chi connectivity index (χ2n) is 7.71. The molecule has 0 aliphatic rings. The van der Waals surface area contributed by atoms with Gasteiger partial charge >= 0.3 is 0 Å². The lowest BCUT2D eigenvalue weighted by atomic mass is 10.2. The summed E-state index contributed by atoms with van der Waals surface area (Å²) in [6.45, 7) is 2.53. The van der Waals surface area contributed by atoms with E-state index in [1.54, 1.807) is 41.2 Å². The number of thiophene rings is 1. The largest absolute Gasteiger partial charge is 0.364 e. The van der Waals surface area contributed by atoms with Crippen LogP contribution in [0.5, 0.6) is 0 Å². The third kappa shape index (κ3) is 4.30. The molecule has 2 aromatic carbocycles. The van der Waals surface area contributed by atoms with Gasteiger partial charge in [0.25, 0.3) is 11.8 Å². The van der Waals surface area contributed by atoms with E-state index in [1.807, 2.05) is 41.9 Å². The summed E-state index contributed by atoms with van der Waals surface area (Å²) in [6, 6.07) is 18.2. The summed E-state index contributed by atoms with van der Waals surface area (Å²) < 4.78 is 3.46. The number of carbonyl (C=O) groups is 2. The minimum absolute atomic E-state index is 0.187. The number of aromatic nitrogens is 4. The zero-order chi connectivity index (χ0) is 23.8. The Kier molecular flexibility index (Phi) is 5.64. The molecule has 10 heteroatoms. The number of anilines is 1. The van der Waals surface area contributed by atoms with E-state index in [4.69, 9.17) is 17.3 Å². The molecule has 5 rings (SSSR count). The van der Waals surface area contributed by atoms with E-state index < -0.39 is 5.91 Å². The first kappa shape index (κ1) is 21.9. The molecule has 0 saturated heterocycles. The minimum Gasteiger partial charge on any atom is -0.364 e. The molecule has 0 spiro atoms. The van der Waals surface area contributed by atoms with Crippen molar-refractivity contribution in [2.24, 2.45) is 5.73 Å². The highest BCUT2D eigenvalue weighted by molar-refractivity contribution is 7.20. The van der Waals surface area contributed by atoms with Gasteiger partial charge in [-0.05, 0) is 61.0 Å².